The third-order valence-electron chi connectivity index (χ3n) is 5.38. The predicted octanol–water partition coefficient (Wildman–Crippen LogP) is 3.34. The monoisotopic (exact) mass is 441 g/mol. The van der Waals surface area contributed by atoms with Gasteiger partial charge in [-0.2, -0.15) is 10.1 Å². The Morgan fingerprint density at radius 1 is 1.09 bits per heavy atom. The normalized spacial score (nSPS) is 12.0. The number of hydrogen-bond acceptors (Lipinski definition) is 7. The van der Waals surface area contributed by atoms with Crippen LogP contribution < -0.4 is 5.56 Å². The fourth-order valence-electron chi connectivity index (χ4n) is 3.73. The molecule has 0 saturated heterocycles. The van der Waals surface area contributed by atoms with Crippen molar-refractivity contribution < 1.29 is 14.1 Å². The summed E-state index contributed by atoms with van der Waals surface area (Å²) >= 11 is 0. The molecule has 2 aliphatic rings. The summed E-state index contributed by atoms with van der Waals surface area (Å²) in [5.41, 5.74) is 2.10. The average Bonchev–Trinajstić information content (AvgIpc) is 3.50. The Hall–Kier alpha value is -4.53. The Labute approximate surface area is 188 Å². The number of aromatic amines is 1. The Morgan fingerprint density at radius 3 is 2.55 bits per heavy atom. The standard InChI is InChI=1S/C24H19N5O4/c1-32-24(31)18-14-29(13-17-20(18)26-27-22(17)30)19(12-15-8-4-2-5-9-15)23-25-21(28-33-23)16-10-6-3-7-11-16/h2-11,13-14,19H,12H2,1H3,(H,27,30)/t19-/m0/s1. The number of fused-ring (bicyclic) bond motifs is 1. The van der Waals surface area contributed by atoms with Crippen molar-refractivity contribution in [2.45, 2.75) is 12.5 Å². The first kappa shape index (κ1) is 20.4. The van der Waals surface area contributed by atoms with Gasteiger partial charge in [-0.1, -0.05) is 65.8 Å². The van der Waals surface area contributed by atoms with Crippen LogP contribution in [0.15, 0.2) is 82.4 Å². The maximum Gasteiger partial charge on any atom is 0.341 e. The first-order valence-electron chi connectivity index (χ1n) is 10.2. The third kappa shape index (κ3) is 3.91. The van der Waals surface area contributed by atoms with Gasteiger partial charge in [0, 0.05) is 24.4 Å². The lowest BCUT2D eigenvalue weighted by molar-refractivity contribution is 0.0600. The number of H-pyrrole nitrogens is 1. The number of rotatable bonds is 6. The van der Waals surface area contributed by atoms with Crippen LogP contribution in [0.4, 0.5) is 0 Å². The maximum absolute atomic E-state index is 12.5. The average molecular weight is 441 g/mol. The predicted molar refractivity (Wildman–Crippen MR) is 119 cm³/mol. The van der Waals surface area contributed by atoms with Gasteiger partial charge in [-0.15, -0.1) is 0 Å². The maximum atomic E-state index is 12.5. The van der Waals surface area contributed by atoms with E-state index in [0.717, 1.165) is 11.1 Å². The van der Waals surface area contributed by atoms with Crippen LogP contribution >= 0.6 is 0 Å². The minimum atomic E-state index is -0.602. The third-order valence-corrected chi connectivity index (χ3v) is 5.38. The van der Waals surface area contributed by atoms with Crippen LogP contribution in [0.2, 0.25) is 0 Å². The number of carbonyl (C=O) groups excluding carboxylic acids is 1. The second kappa shape index (κ2) is 8.54. The SMILES string of the molecule is COC(=O)c1cn([C@@H](Cc2ccccc2)c2nc(-c3ccccc3)no2)cc2c(=O)[nH]nc1-2. The van der Waals surface area contributed by atoms with Gasteiger partial charge in [0.05, 0.1) is 12.7 Å². The van der Waals surface area contributed by atoms with Gasteiger partial charge in [0.2, 0.25) is 11.7 Å². The molecular weight excluding hydrogens is 422 g/mol. The van der Waals surface area contributed by atoms with E-state index in [1.54, 1.807) is 17.0 Å². The summed E-state index contributed by atoms with van der Waals surface area (Å²) in [6.07, 6.45) is 3.71. The van der Waals surface area contributed by atoms with E-state index >= 15 is 0 Å². The van der Waals surface area contributed by atoms with Crippen molar-refractivity contribution in [2.75, 3.05) is 7.11 Å². The molecule has 0 aliphatic carbocycles. The quantitative estimate of drug-likeness (QED) is 0.402. The van der Waals surface area contributed by atoms with Crippen LogP contribution in [-0.4, -0.2) is 38.0 Å². The molecule has 0 unspecified atom stereocenters. The van der Waals surface area contributed by atoms with Gasteiger partial charge < -0.3 is 13.8 Å². The molecule has 1 aromatic heterocycles. The van der Waals surface area contributed by atoms with Crippen molar-refractivity contribution in [1.82, 2.24) is 24.9 Å². The smallest absolute Gasteiger partial charge is 0.341 e. The van der Waals surface area contributed by atoms with Crippen molar-refractivity contribution in [2.24, 2.45) is 0 Å². The topological polar surface area (TPSA) is 116 Å². The van der Waals surface area contributed by atoms with Gasteiger partial charge >= 0.3 is 5.97 Å². The molecule has 33 heavy (non-hydrogen) atoms. The number of hydrogen-bond donors (Lipinski definition) is 1. The molecule has 0 amide bonds. The summed E-state index contributed by atoms with van der Waals surface area (Å²) in [7, 11) is 1.28. The summed E-state index contributed by atoms with van der Waals surface area (Å²) in [5, 5.41) is 10.5. The summed E-state index contributed by atoms with van der Waals surface area (Å²) < 4.78 is 12.3. The van der Waals surface area contributed by atoms with Gasteiger partial charge in [0.1, 0.15) is 17.3 Å². The molecule has 0 saturated carbocycles. The Bertz CT molecular complexity index is 1420. The summed E-state index contributed by atoms with van der Waals surface area (Å²) in [4.78, 5) is 29.4. The van der Waals surface area contributed by atoms with Crippen molar-refractivity contribution >= 4 is 5.97 Å². The fraction of sp³-hybridized carbons (Fsp3) is 0.125. The summed E-state index contributed by atoms with van der Waals surface area (Å²) in [5.74, 6) is 0.190. The number of carbonyl (C=O) groups is 1. The van der Waals surface area contributed by atoms with Crippen LogP contribution in [-0.2, 0) is 11.2 Å². The Balaban J connectivity index is 1.65. The van der Waals surface area contributed by atoms with E-state index in [1.807, 2.05) is 60.7 Å². The van der Waals surface area contributed by atoms with Crippen LogP contribution in [0.1, 0.15) is 27.9 Å². The molecule has 9 nitrogen and oxygen atoms in total. The molecule has 1 atom stereocenters. The molecule has 2 aliphatic heterocycles. The molecule has 3 aromatic rings. The van der Waals surface area contributed by atoms with Crippen molar-refractivity contribution in [3.05, 3.63) is 100 Å². The zero-order valence-corrected chi connectivity index (χ0v) is 17.6. The van der Waals surface area contributed by atoms with Crippen molar-refractivity contribution in [3.63, 3.8) is 0 Å². The second-order valence-electron chi connectivity index (χ2n) is 7.45. The second-order valence-corrected chi connectivity index (χ2v) is 7.45. The highest BCUT2D eigenvalue weighted by Gasteiger charge is 2.27. The molecule has 5 rings (SSSR count). The highest BCUT2D eigenvalue weighted by molar-refractivity contribution is 5.95. The van der Waals surface area contributed by atoms with E-state index in [-0.39, 0.29) is 16.8 Å². The van der Waals surface area contributed by atoms with E-state index in [4.69, 9.17) is 9.26 Å². The molecular formula is C24H19N5O4. The number of methoxy groups -OCH3 is 1. The first-order valence-corrected chi connectivity index (χ1v) is 10.2. The number of pyridine rings is 1. The molecule has 9 heteroatoms. The summed E-state index contributed by atoms with van der Waals surface area (Å²) in [6.45, 7) is 0. The highest BCUT2D eigenvalue weighted by Crippen LogP contribution is 2.29. The van der Waals surface area contributed by atoms with Gasteiger partial charge in [-0.05, 0) is 5.56 Å². The molecule has 164 valence electrons. The largest absolute Gasteiger partial charge is 0.465 e. The van der Waals surface area contributed by atoms with E-state index in [0.29, 0.717) is 18.1 Å². The highest BCUT2D eigenvalue weighted by atomic mass is 16.5. The number of benzene rings is 2. The van der Waals surface area contributed by atoms with E-state index in [2.05, 4.69) is 20.3 Å². The number of nitrogens with zero attached hydrogens (tertiary/aromatic N) is 4. The van der Waals surface area contributed by atoms with Crippen LogP contribution in [0.3, 0.4) is 0 Å². The zero-order chi connectivity index (χ0) is 22.8. The number of aromatic nitrogens is 5. The fourth-order valence-corrected chi connectivity index (χ4v) is 3.73. The van der Waals surface area contributed by atoms with Crippen molar-refractivity contribution in [1.29, 1.82) is 0 Å². The molecule has 0 spiro atoms. The van der Waals surface area contributed by atoms with E-state index in [9.17, 15) is 9.59 Å². The van der Waals surface area contributed by atoms with Crippen LogP contribution in [0.5, 0.6) is 0 Å². The number of esters is 1. The molecule has 2 aromatic carbocycles. The lowest BCUT2D eigenvalue weighted by atomic mass is 10.0. The first-order chi connectivity index (χ1) is 16.1. The Kier molecular flexibility index (Phi) is 5.27. The van der Waals surface area contributed by atoms with Gasteiger partial charge in [0.15, 0.2) is 0 Å². The van der Waals surface area contributed by atoms with Gasteiger partial charge in [-0.25, -0.2) is 9.89 Å². The molecule has 1 N–H and O–H groups in total. The molecule has 0 radical (unpaired) electrons. The zero-order valence-electron chi connectivity index (χ0n) is 17.6. The number of nitrogens with one attached hydrogen (secondary N) is 1. The lowest BCUT2D eigenvalue weighted by Crippen LogP contribution is -2.18. The minimum Gasteiger partial charge on any atom is -0.465 e. The van der Waals surface area contributed by atoms with Crippen LogP contribution in [0, 0.1) is 0 Å². The van der Waals surface area contributed by atoms with E-state index < -0.39 is 17.6 Å². The van der Waals surface area contributed by atoms with Gasteiger partial charge in [-0.3, -0.25) is 4.79 Å². The lowest BCUT2D eigenvalue weighted by Gasteiger charge is -2.19. The molecule has 3 heterocycles. The van der Waals surface area contributed by atoms with Crippen molar-refractivity contribution in [3.8, 4) is 22.6 Å². The Morgan fingerprint density at radius 2 is 1.82 bits per heavy atom. The summed E-state index contributed by atoms with van der Waals surface area (Å²) in [6, 6.07) is 18.8. The molecule has 0 bridgehead atoms. The van der Waals surface area contributed by atoms with Gasteiger partial charge in [0.25, 0.3) is 5.56 Å². The minimum absolute atomic E-state index is 0.161. The van der Waals surface area contributed by atoms with E-state index in [1.165, 1.54) is 7.11 Å². The molecule has 0 fully saturated rings. The number of ether oxygens (including phenoxy) is 1. The van der Waals surface area contributed by atoms with Crippen LogP contribution in [0.25, 0.3) is 22.6 Å².